The molecule has 1 aliphatic rings. The van der Waals surface area contributed by atoms with Gasteiger partial charge >= 0.3 is 0 Å². The molecule has 3 N–H and O–H groups in total. The molecule has 0 atom stereocenters. The minimum Gasteiger partial charge on any atom is -0.496 e. The third-order valence-corrected chi connectivity index (χ3v) is 5.51. The highest BCUT2D eigenvalue weighted by atomic mass is 35.5. The molecule has 2 aromatic rings. The standard InChI is InChI=1S/C23H30N2O2.ClH/c1-27-22-15-20(23(24)26)10-11-21(22)19-9-5-8-18(14-19)16-25-13-12-17-6-3-2-4-7-17;/h5,8-11,14-15,17,25H,2-4,6-7,12-13,16H2,1H3,(H2,24,26);1H. The molecule has 0 radical (unpaired) electrons. The Bertz CT molecular complexity index is 773. The first-order valence-electron chi connectivity index (χ1n) is 9.95. The van der Waals surface area contributed by atoms with E-state index in [0.29, 0.717) is 11.3 Å². The summed E-state index contributed by atoms with van der Waals surface area (Å²) in [7, 11) is 1.61. The number of methoxy groups -OCH3 is 1. The molecule has 1 amide bonds. The van der Waals surface area contributed by atoms with Crippen molar-refractivity contribution in [3.05, 3.63) is 53.6 Å². The van der Waals surface area contributed by atoms with Crippen molar-refractivity contribution in [1.82, 2.24) is 5.32 Å². The highest BCUT2D eigenvalue weighted by Crippen LogP contribution is 2.31. The molecular weight excluding hydrogens is 372 g/mol. The minimum atomic E-state index is -0.448. The quantitative estimate of drug-likeness (QED) is 0.614. The van der Waals surface area contributed by atoms with Crippen LogP contribution in [-0.4, -0.2) is 19.6 Å². The van der Waals surface area contributed by atoms with Gasteiger partial charge in [0.1, 0.15) is 5.75 Å². The molecule has 4 nitrogen and oxygen atoms in total. The van der Waals surface area contributed by atoms with Crippen molar-refractivity contribution < 1.29 is 9.53 Å². The van der Waals surface area contributed by atoms with Gasteiger partial charge in [-0.15, -0.1) is 12.4 Å². The third-order valence-electron chi connectivity index (χ3n) is 5.51. The Labute approximate surface area is 174 Å². The van der Waals surface area contributed by atoms with Gasteiger partial charge in [0.2, 0.25) is 5.91 Å². The van der Waals surface area contributed by atoms with Crippen LogP contribution < -0.4 is 15.8 Å². The minimum absolute atomic E-state index is 0. The van der Waals surface area contributed by atoms with Gasteiger partial charge in [0.05, 0.1) is 7.11 Å². The number of halogens is 1. The highest BCUT2D eigenvalue weighted by molar-refractivity contribution is 5.94. The second kappa shape index (κ2) is 11.1. The van der Waals surface area contributed by atoms with Crippen LogP contribution in [0.4, 0.5) is 0 Å². The Morgan fingerprint density at radius 3 is 2.64 bits per heavy atom. The number of hydrogen-bond acceptors (Lipinski definition) is 3. The van der Waals surface area contributed by atoms with E-state index in [1.165, 1.54) is 44.1 Å². The number of ether oxygens (including phenoxy) is 1. The molecule has 0 aliphatic heterocycles. The van der Waals surface area contributed by atoms with Crippen molar-refractivity contribution in [2.45, 2.75) is 45.1 Å². The average Bonchev–Trinajstić information content (AvgIpc) is 2.71. The number of carbonyl (C=O) groups excluding carboxylic acids is 1. The SMILES string of the molecule is COc1cc(C(N)=O)ccc1-c1cccc(CNCCC2CCCCC2)c1.Cl. The van der Waals surface area contributed by atoms with Gasteiger partial charge in [0.15, 0.2) is 0 Å². The lowest BCUT2D eigenvalue weighted by atomic mass is 9.87. The van der Waals surface area contributed by atoms with Crippen LogP contribution in [0.2, 0.25) is 0 Å². The van der Waals surface area contributed by atoms with Crippen LogP contribution >= 0.6 is 12.4 Å². The molecule has 0 heterocycles. The van der Waals surface area contributed by atoms with E-state index < -0.39 is 5.91 Å². The fraction of sp³-hybridized carbons (Fsp3) is 0.435. The van der Waals surface area contributed by atoms with E-state index in [2.05, 4.69) is 29.6 Å². The predicted molar refractivity (Wildman–Crippen MR) is 117 cm³/mol. The maximum atomic E-state index is 11.4. The van der Waals surface area contributed by atoms with Crippen molar-refractivity contribution in [1.29, 1.82) is 0 Å². The van der Waals surface area contributed by atoms with Crippen molar-refractivity contribution in [2.24, 2.45) is 11.7 Å². The van der Waals surface area contributed by atoms with E-state index in [0.717, 1.165) is 30.1 Å². The normalized spacial score (nSPS) is 14.3. The zero-order valence-electron chi connectivity index (χ0n) is 16.6. The van der Waals surface area contributed by atoms with Gasteiger partial charge in [-0.3, -0.25) is 4.79 Å². The third kappa shape index (κ3) is 5.98. The molecule has 28 heavy (non-hydrogen) atoms. The summed E-state index contributed by atoms with van der Waals surface area (Å²) in [6.07, 6.45) is 8.31. The fourth-order valence-electron chi connectivity index (χ4n) is 3.95. The van der Waals surface area contributed by atoms with E-state index in [1.54, 1.807) is 19.2 Å². The number of amides is 1. The van der Waals surface area contributed by atoms with Gasteiger partial charge in [0, 0.05) is 17.7 Å². The molecule has 0 unspecified atom stereocenters. The highest BCUT2D eigenvalue weighted by Gasteiger charge is 2.13. The molecule has 1 aliphatic carbocycles. The fourth-order valence-corrected chi connectivity index (χ4v) is 3.95. The predicted octanol–water partition coefficient (Wildman–Crippen LogP) is 4.94. The summed E-state index contributed by atoms with van der Waals surface area (Å²) in [5.41, 5.74) is 9.11. The van der Waals surface area contributed by atoms with Crippen LogP contribution in [0.5, 0.6) is 5.75 Å². The summed E-state index contributed by atoms with van der Waals surface area (Å²) in [5.74, 6) is 1.12. The first-order valence-corrected chi connectivity index (χ1v) is 9.95. The number of primary amides is 1. The molecule has 1 saturated carbocycles. The van der Waals surface area contributed by atoms with E-state index in [9.17, 15) is 4.79 Å². The lowest BCUT2D eigenvalue weighted by Gasteiger charge is -2.21. The maximum Gasteiger partial charge on any atom is 0.248 e. The summed E-state index contributed by atoms with van der Waals surface area (Å²) >= 11 is 0. The van der Waals surface area contributed by atoms with Gasteiger partial charge < -0.3 is 15.8 Å². The van der Waals surface area contributed by atoms with Gasteiger partial charge in [-0.2, -0.15) is 0 Å². The molecule has 152 valence electrons. The summed E-state index contributed by atoms with van der Waals surface area (Å²) < 4.78 is 5.47. The van der Waals surface area contributed by atoms with Crippen molar-refractivity contribution >= 4 is 18.3 Å². The summed E-state index contributed by atoms with van der Waals surface area (Å²) in [6, 6.07) is 13.8. The van der Waals surface area contributed by atoms with Crippen LogP contribution in [0.1, 0.15) is 54.4 Å². The van der Waals surface area contributed by atoms with Crippen molar-refractivity contribution in [2.75, 3.05) is 13.7 Å². The monoisotopic (exact) mass is 402 g/mol. The second-order valence-corrected chi connectivity index (χ2v) is 7.45. The largest absolute Gasteiger partial charge is 0.496 e. The molecule has 0 aromatic heterocycles. The van der Waals surface area contributed by atoms with Crippen LogP contribution in [0.15, 0.2) is 42.5 Å². The van der Waals surface area contributed by atoms with Crippen LogP contribution in [0, 0.1) is 5.92 Å². The number of rotatable bonds is 8. The molecule has 0 bridgehead atoms. The van der Waals surface area contributed by atoms with Crippen molar-refractivity contribution in [3.8, 4) is 16.9 Å². The summed E-state index contributed by atoms with van der Waals surface area (Å²) in [5, 5.41) is 3.59. The van der Waals surface area contributed by atoms with Crippen LogP contribution in [-0.2, 0) is 6.54 Å². The number of nitrogens with one attached hydrogen (secondary N) is 1. The lowest BCUT2D eigenvalue weighted by molar-refractivity contribution is 0.1000. The Kier molecular flexibility index (Phi) is 8.81. The molecule has 0 saturated heterocycles. The molecule has 0 spiro atoms. The Morgan fingerprint density at radius 1 is 1.14 bits per heavy atom. The molecule has 2 aromatic carbocycles. The summed E-state index contributed by atoms with van der Waals surface area (Å²) in [4.78, 5) is 11.4. The van der Waals surface area contributed by atoms with E-state index in [1.807, 2.05) is 6.07 Å². The molecule has 3 rings (SSSR count). The first kappa shape index (κ1) is 22.3. The van der Waals surface area contributed by atoms with E-state index in [-0.39, 0.29) is 12.4 Å². The van der Waals surface area contributed by atoms with Gasteiger partial charge in [-0.05, 0) is 54.3 Å². The first-order chi connectivity index (χ1) is 13.2. The van der Waals surface area contributed by atoms with E-state index >= 15 is 0 Å². The summed E-state index contributed by atoms with van der Waals surface area (Å²) in [6.45, 7) is 1.94. The second-order valence-electron chi connectivity index (χ2n) is 7.45. The maximum absolute atomic E-state index is 11.4. The Hall–Kier alpha value is -2.04. The zero-order chi connectivity index (χ0) is 19.1. The molecular formula is C23H31ClN2O2. The number of carbonyl (C=O) groups is 1. The van der Waals surface area contributed by atoms with Gasteiger partial charge in [-0.1, -0.05) is 50.3 Å². The van der Waals surface area contributed by atoms with Gasteiger partial charge in [-0.25, -0.2) is 0 Å². The van der Waals surface area contributed by atoms with Crippen LogP contribution in [0.25, 0.3) is 11.1 Å². The molecule has 5 heteroatoms. The van der Waals surface area contributed by atoms with E-state index in [4.69, 9.17) is 10.5 Å². The Balaban J connectivity index is 0.00000280. The number of nitrogens with two attached hydrogens (primary N) is 1. The smallest absolute Gasteiger partial charge is 0.248 e. The lowest BCUT2D eigenvalue weighted by Crippen LogP contribution is -2.19. The van der Waals surface area contributed by atoms with Gasteiger partial charge in [0.25, 0.3) is 0 Å². The van der Waals surface area contributed by atoms with Crippen LogP contribution in [0.3, 0.4) is 0 Å². The van der Waals surface area contributed by atoms with Crippen molar-refractivity contribution in [3.63, 3.8) is 0 Å². The topological polar surface area (TPSA) is 64.3 Å². The number of benzene rings is 2. The zero-order valence-corrected chi connectivity index (χ0v) is 17.4. The Morgan fingerprint density at radius 2 is 1.93 bits per heavy atom. The average molecular weight is 403 g/mol. The number of hydrogen-bond donors (Lipinski definition) is 2. The molecule has 1 fully saturated rings.